The summed E-state index contributed by atoms with van der Waals surface area (Å²) in [7, 11) is -3.63. The number of likely N-dealkylation sites (tertiary alicyclic amines) is 1. The van der Waals surface area contributed by atoms with Crippen molar-refractivity contribution in [1.29, 1.82) is 0 Å². The molecule has 3 saturated heterocycles. The Morgan fingerprint density at radius 1 is 0.962 bits per heavy atom. The minimum atomic E-state index is -3.63. The number of fused-ring (bicyclic) bond motifs is 2. The second-order valence-electron chi connectivity index (χ2n) is 7.64. The van der Waals surface area contributed by atoms with Crippen LogP contribution in [0.25, 0.3) is 0 Å². The molecule has 0 aromatic heterocycles. The lowest BCUT2D eigenvalue weighted by molar-refractivity contribution is 0.0744. The Morgan fingerprint density at radius 2 is 1.69 bits per heavy atom. The lowest BCUT2D eigenvalue weighted by Gasteiger charge is -2.28. The van der Waals surface area contributed by atoms with E-state index >= 15 is 0 Å². The van der Waals surface area contributed by atoms with E-state index in [1.165, 1.54) is 10.7 Å². The highest BCUT2D eigenvalue weighted by molar-refractivity contribution is 7.89. The van der Waals surface area contributed by atoms with Crippen molar-refractivity contribution in [1.82, 2.24) is 14.5 Å². The summed E-state index contributed by atoms with van der Waals surface area (Å²) in [4.78, 5) is 15.2. The molecule has 6 nitrogen and oxygen atoms in total. The second-order valence-corrected chi connectivity index (χ2v) is 9.54. The van der Waals surface area contributed by atoms with Crippen molar-refractivity contribution < 1.29 is 13.2 Å². The van der Waals surface area contributed by atoms with E-state index in [1.54, 1.807) is 24.3 Å². The summed E-state index contributed by atoms with van der Waals surface area (Å²) in [6.45, 7) is 2.43. The number of amides is 1. The summed E-state index contributed by atoms with van der Waals surface area (Å²) in [5.41, 5.74) is 0.316. The number of nitrogens with zero attached hydrogens (tertiary/aromatic N) is 2. The Balaban J connectivity index is 1.62. The third-order valence-corrected chi connectivity index (χ3v) is 7.82. The molecule has 1 aromatic rings. The first-order valence-corrected chi connectivity index (χ1v) is 11.1. The van der Waals surface area contributed by atoms with Gasteiger partial charge >= 0.3 is 0 Å². The molecule has 4 rings (SSSR count). The van der Waals surface area contributed by atoms with Crippen LogP contribution in [0.3, 0.4) is 0 Å². The fourth-order valence-corrected chi connectivity index (χ4v) is 6.11. The third-order valence-electron chi connectivity index (χ3n) is 5.86. The van der Waals surface area contributed by atoms with E-state index in [4.69, 9.17) is 0 Å². The molecule has 2 bridgehead atoms. The second kappa shape index (κ2) is 7.29. The molecule has 2 unspecified atom stereocenters. The van der Waals surface area contributed by atoms with Crippen LogP contribution in [0.4, 0.5) is 0 Å². The predicted molar refractivity (Wildman–Crippen MR) is 99.5 cm³/mol. The van der Waals surface area contributed by atoms with Crippen LogP contribution >= 0.6 is 0 Å². The van der Waals surface area contributed by atoms with E-state index in [1.807, 2.05) is 4.90 Å². The highest BCUT2D eigenvalue weighted by Gasteiger charge is 2.34. The van der Waals surface area contributed by atoms with Crippen molar-refractivity contribution in [2.45, 2.75) is 55.5 Å². The standard InChI is InChI=1S/C19H27N3O3S/c23-19(21-13-10-15-8-9-16(14-21)20-15)17-6-2-3-7-18(17)26(24,25)22-11-4-1-5-12-22/h2-3,6-7,15-16,20H,1,4-5,8-14H2. The van der Waals surface area contributed by atoms with Crippen LogP contribution in [0, 0.1) is 0 Å². The number of piperidine rings is 1. The van der Waals surface area contributed by atoms with Gasteiger partial charge in [0.25, 0.3) is 5.91 Å². The Kier molecular flexibility index (Phi) is 5.03. The van der Waals surface area contributed by atoms with E-state index < -0.39 is 10.0 Å². The summed E-state index contributed by atoms with van der Waals surface area (Å²) in [6, 6.07) is 7.53. The number of carbonyl (C=O) groups is 1. The predicted octanol–water partition coefficient (Wildman–Crippen LogP) is 1.83. The van der Waals surface area contributed by atoms with Crippen molar-refractivity contribution in [2.24, 2.45) is 0 Å². The summed E-state index contributed by atoms with van der Waals surface area (Å²) in [6.07, 6.45) is 6.03. The van der Waals surface area contributed by atoms with Crippen LogP contribution in [-0.2, 0) is 10.0 Å². The molecule has 0 spiro atoms. The van der Waals surface area contributed by atoms with E-state index in [9.17, 15) is 13.2 Å². The highest BCUT2D eigenvalue weighted by Crippen LogP contribution is 2.26. The largest absolute Gasteiger partial charge is 0.337 e. The Bertz CT molecular complexity index is 774. The first-order valence-electron chi connectivity index (χ1n) is 9.70. The van der Waals surface area contributed by atoms with Gasteiger partial charge in [0, 0.05) is 38.3 Å². The molecule has 0 radical (unpaired) electrons. The first-order chi connectivity index (χ1) is 12.6. The van der Waals surface area contributed by atoms with Crippen LogP contribution in [0.5, 0.6) is 0 Å². The number of rotatable bonds is 3. The van der Waals surface area contributed by atoms with E-state index in [0.717, 1.165) is 32.1 Å². The van der Waals surface area contributed by atoms with Gasteiger partial charge in [-0.25, -0.2) is 8.42 Å². The number of benzene rings is 1. The van der Waals surface area contributed by atoms with Gasteiger partial charge in [-0.15, -0.1) is 0 Å². The molecule has 0 saturated carbocycles. The number of carbonyl (C=O) groups excluding carboxylic acids is 1. The number of nitrogens with one attached hydrogen (secondary N) is 1. The fraction of sp³-hybridized carbons (Fsp3) is 0.632. The van der Waals surface area contributed by atoms with Crippen LogP contribution in [0.1, 0.15) is 48.9 Å². The molecular formula is C19H27N3O3S. The average molecular weight is 378 g/mol. The fourth-order valence-electron chi connectivity index (χ4n) is 4.41. The summed E-state index contributed by atoms with van der Waals surface area (Å²) in [5, 5.41) is 3.57. The molecule has 26 heavy (non-hydrogen) atoms. The number of hydrogen-bond donors (Lipinski definition) is 1. The smallest absolute Gasteiger partial charge is 0.255 e. The van der Waals surface area contributed by atoms with Crippen LogP contribution < -0.4 is 5.32 Å². The summed E-state index contributed by atoms with van der Waals surface area (Å²) in [5.74, 6) is -0.157. The van der Waals surface area contributed by atoms with Crippen molar-refractivity contribution in [3.8, 4) is 0 Å². The van der Waals surface area contributed by atoms with Gasteiger partial charge in [-0.05, 0) is 44.2 Å². The summed E-state index contributed by atoms with van der Waals surface area (Å²) < 4.78 is 27.8. The zero-order chi connectivity index (χ0) is 18.1. The number of hydrogen-bond acceptors (Lipinski definition) is 4. The zero-order valence-electron chi connectivity index (χ0n) is 15.1. The van der Waals surface area contributed by atoms with Crippen molar-refractivity contribution in [3.63, 3.8) is 0 Å². The maximum atomic E-state index is 13.2. The average Bonchev–Trinajstić information content (AvgIpc) is 3.00. The molecule has 0 aliphatic carbocycles. The minimum Gasteiger partial charge on any atom is -0.337 e. The zero-order valence-corrected chi connectivity index (χ0v) is 15.9. The van der Waals surface area contributed by atoms with Crippen molar-refractivity contribution >= 4 is 15.9 Å². The van der Waals surface area contributed by atoms with Gasteiger partial charge < -0.3 is 10.2 Å². The van der Waals surface area contributed by atoms with Crippen LogP contribution in [0.2, 0.25) is 0 Å². The molecule has 7 heteroatoms. The minimum absolute atomic E-state index is 0.157. The molecule has 1 amide bonds. The SMILES string of the molecule is O=C(c1ccccc1S(=O)(=O)N1CCCCC1)N1CCC2CCC(C1)N2. The van der Waals surface area contributed by atoms with Crippen molar-refractivity contribution in [2.75, 3.05) is 26.2 Å². The Hall–Kier alpha value is -1.44. The lowest BCUT2D eigenvalue weighted by atomic mass is 10.1. The Labute approximate surface area is 155 Å². The molecule has 2 atom stereocenters. The maximum absolute atomic E-state index is 13.2. The lowest BCUT2D eigenvalue weighted by Crippen LogP contribution is -2.40. The van der Waals surface area contributed by atoms with Gasteiger partial charge in [0.05, 0.1) is 10.5 Å². The highest BCUT2D eigenvalue weighted by atomic mass is 32.2. The van der Waals surface area contributed by atoms with E-state index in [-0.39, 0.29) is 10.8 Å². The summed E-state index contributed by atoms with van der Waals surface area (Å²) >= 11 is 0. The molecule has 3 aliphatic heterocycles. The van der Waals surface area contributed by atoms with Gasteiger partial charge in [0.15, 0.2) is 0 Å². The monoisotopic (exact) mass is 377 g/mol. The molecule has 1 aromatic carbocycles. The van der Waals surface area contributed by atoms with Gasteiger partial charge in [-0.2, -0.15) is 4.31 Å². The van der Waals surface area contributed by atoms with Gasteiger partial charge in [0.1, 0.15) is 0 Å². The number of sulfonamides is 1. The van der Waals surface area contributed by atoms with Gasteiger partial charge in [-0.1, -0.05) is 18.6 Å². The normalized spacial score (nSPS) is 27.3. The maximum Gasteiger partial charge on any atom is 0.255 e. The molecule has 3 fully saturated rings. The third kappa shape index (κ3) is 3.40. The molecular weight excluding hydrogens is 350 g/mol. The molecule has 3 aliphatic rings. The Morgan fingerprint density at radius 3 is 2.50 bits per heavy atom. The van der Waals surface area contributed by atoms with Crippen LogP contribution in [0.15, 0.2) is 29.2 Å². The molecule has 142 valence electrons. The molecule has 1 N–H and O–H groups in total. The van der Waals surface area contributed by atoms with Gasteiger partial charge in [0.2, 0.25) is 10.0 Å². The van der Waals surface area contributed by atoms with E-state index in [2.05, 4.69) is 5.32 Å². The van der Waals surface area contributed by atoms with E-state index in [0.29, 0.717) is 43.8 Å². The van der Waals surface area contributed by atoms with Crippen LogP contribution in [-0.4, -0.2) is 61.8 Å². The van der Waals surface area contributed by atoms with Gasteiger partial charge in [-0.3, -0.25) is 4.79 Å². The first kappa shape index (κ1) is 17.9. The topological polar surface area (TPSA) is 69.7 Å². The molecule has 3 heterocycles. The quantitative estimate of drug-likeness (QED) is 0.872. The van der Waals surface area contributed by atoms with Crippen molar-refractivity contribution in [3.05, 3.63) is 29.8 Å².